The molecule has 0 bridgehead atoms. The normalized spacial score (nSPS) is 17.2. The second kappa shape index (κ2) is 10.8. The number of likely N-dealkylation sites (tertiary alicyclic amines) is 1. The first-order valence-corrected chi connectivity index (χ1v) is 9.44. The molecule has 1 aliphatic heterocycles. The fraction of sp³-hybridized carbons (Fsp3) is 0.600. The number of carbonyl (C=O) groups excluding carboxylic acids is 2. The predicted molar refractivity (Wildman–Crippen MR) is 99.7 cm³/mol. The van der Waals surface area contributed by atoms with Crippen LogP contribution in [-0.4, -0.2) is 49.2 Å². The molecule has 1 fully saturated rings. The van der Waals surface area contributed by atoms with Crippen molar-refractivity contribution in [1.29, 1.82) is 0 Å². The zero-order valence-corrected chi connectivity index (χ0v) is 15.8. The molecular formula is C20H30N2O4. The van der Waals surface area contributed by atoms with Crippen LogP contribution in [0.2, 0.25) is 0 Å². The van der Waals surface area contributed by atoms with E-state index in [1.165, 1.54) is 13.5 Å². The van der Waals surface area contributed by atoms with E-state index in [1.54, 1.807) is 0 Å². The van der Waals surface area contributed by atoms with Crippen LogP contribution in [-0.2, 0) is 20.9 Å². The van der Waals surface area contributed by atoms with Gasteiger partial charge in [0.1, 0.15) is 12.6 Å². The van der Waals surface area contributed by atoms with Crippen LogP contribution < -0.4 is 5.32 Å². The van der Waals surface area contributed by atoms with Crippen molar-refractivity contribution in [2.24, 2.45) is 0 Å². The van der Waals surface area contributed by atoms with Gasteiger partial charge >= 0.3 is 12.1 Å². The Hall–Kier alpha value is -2.08. The number of methoxy groups -OCH3 is 1. The van der Waals surface area contributed by atoms with E-state index in [0.717, 1.165) is 44.3 Å². The van der Waals surface area contributed by atoms with Crippen LogP contribution >= 0.6 is 0 Å². The molecule has 1 aromatic rings. The Kier molecular flexibility index (Phi) is 8.41. The zero-order chi connectivity index (χ0) is 18.8. The van der Waals surface area contributed by atoms with Gasteiger partial charge in [-0.1, -0.05) is 50.1 Å². The first kappa shape index (κ1) is 20.2. The Morgan fingerprint density at radius 2 is 1.85 bits per heavy atom. The molecule has 6 heteroatoms. The molecule has 1 amide bonds. The summed E-state index contributed by atoms with van der Waals surface area (Å²) < 4.78 is 10.3. The number of amides is 1. The topological polar surface area (TPSA) is 67.9 Å². The van der Waals surface area contributed by atoms with Crippen LogP contribution in [0, 0.1) is 0 Å². The van der Waals surface area contributed by atoms with Crippen molar-refractivity contribution in [2.45, 2.75) is 57.7 Å². The number of esters is 1. The van der Waals surface area contributed by atoms with E-state index in [-0.39, 0.29) is 12.6 Å². The number of nitrogens with zero attached hydrogens (tertiary/aromatic N) is 1. The van der Waals surface area contributed by atoms with Crippen molar-refractivity contribution in [3.05, 3.63) is 35.9 Å². The van der Waals surface area contributed by atoms with Gasteiger partial charge in [0.15, 0.2) is 0 Å². The maximum atomic E-state index is 12.4. The van der Waals surface area contributed by atoms with E-state index >= 15 is 0 Å². The monoisotopic (exact) mass is 362 g/mol. The Morgan fingerprint density at radius 1 is 1.15 bits per heavy atom. The minimum atomic E-state index is -0.721. The SMILES string of the molecule is CCC[C@H]([C@H](NC(=O)OCc1ccccc1)C(=O)OC)N1CCCCC1. The number of alkyl carbamates (subject to hydrolysis) is 1. The highest BCUT2D eigenvalue weighted by molar-refractivity contribution is 5.82. The molecule has 0 unspecified atom stereocenters. The lowest BCUT2D eigenvalue weighted by Gasteiger charge is -2.38. The molecule has 0 aromatic heterocycles. The maximum absolute atomic E-state index is 12.4. The molecule has 1 saturated heterocycles. The van der Waals surface area contributed by atoms with Gasteiger partial charge in [-0.3, -0.25) is 4.90 Å². The smallest absolute Gasteiger partial charge is 0.408 e. The average Bonchev–Trinajstić information content (AvgIpc) is 2.70. The summed E-state index contributed by atoms with van der Waals surface area (Å²) in [6.07, 6.45) is 4.60. The Morgan fingerprint density at radius 3 is 2.46 bits per heavy atom. The summed E-state index contributed by atoms with van der Waals surface area (Å²) in [6.45, 7) is 4.14. The van der Waals surface area contributed by atoms with Crippen molar-refractivity contribution >= 4 is 12.1 Å². The molecule has 0 radical (unpaired) electrons. The highest BCUT2D eigenvalue weighted by atomic mass is 16.6. The van der Waals surface area contributed by atoms with Crippen LogP contribution in [0.4, 0.5) is 4.79 Å². The summed E-state index contributed by atoms with van der Waals surface area (Å²) in [5.74, 6) is -0.425. The summed E-state index contributed by atoms with van der Waals surface area (Å²) in [5.41, 5.74) is 0.901. The lowest BCUT2D eigenvalue weighted by atomic mass is 9.98. The van der Waals surface area contributed by atoms with E-state index in [2.05, 4.69) is 17.1 Å². The fourth-order valence-corrected chi connectivity index (χ4v) is 3.44. The molecule has 0 aliphatic carbocycles. The first-order chi connectivity index (χ1) is 12.7. The van der Waals surface area contributed by atoms with Gasteiger partial charge in [0.25, 0.3) is 0 Å². The van der Waals surface area contributed by atoms with Gasteiger partial charge in [-0.25, -0.2) is 9.59 Å². The molecule has 1 heterocycles. The van der Waals surface area contributed by atoms with E-state index in [0.29, 0.717) is 0 Å². The van der Waals surface area contributed by atoms with Crippen LogP contribution in [0.25, 0.3) is 0 Å². The molecule has 2 rings (SSSR count). The largest absolute Gasteiger partial charge is 0.467 e. The Labute approximate surface area is 155 Å². The molecule has 1 aliphatic rings. The van der Waals surface area contributed by atoms with Crippen molar-refractivity contribution in [3.63, 3.8) is 0 Å². The number of ether oxygens (including phenoxy) is 2. The van der Waals surface area contributed by atoms with Crippen molar-refractivity contribution in [1.82, 2.24) is 10.2 Å². The summed E-state index contributed by atoms with van der Waals surface area (Å²) in [6, 6.07) is 8.67. The lowest BCUT2D eigenvalue weighted by Crippen LogP contribution is -2.57. The van der Waals surface area contributed by atoms with Crippen molar-refractivity contribution in [3.8, 4) is 0 Å². The number of piperidine rings is 1. The number of carbonyl (C=O) groups is 2. The van der Waals surface area contributed by atoms with Gasteiger partial charge < -0.3 is 14.8 Å². The van der Waals surface area contributed by atoms with E-state index in [1.807, 2.05) is 30.3 Å². The third-order valence-electron chi connectivity index (χ3n) is 4.77. The Bertz CT molecular complexity index is 558. The summed E-state index contributed by atoms with van der Waals surface area (Å²) in [7, 11) is 1.35. The maximum Gasteiger partial charge on any atom is 0.408 e. The standard InChI is InChI=1S/C20H30N2O4/c1-3-10-17(22-13-8-5-9-14-22)18(19(23)25-2)21-20(24)26-15-16-11-6-4-7-12-16/h4,6-7,11-12,17-18H,3,5,8-10,13-15H2,1-2H3,(H,21,24)/t17-,18+/m1/s1. The number of hydrogen-bond acceptors (Lipinski definition) is 5. The molecule has 1 aromatic carbocycles. The fourth-order valence-electron chi connectivity index (χ4n) is 3.44. The van der Waals surface area contributed by atoms with Gasteiger partial charge in [-0.2, -0.15) is 0 Å². The minimum absolute atomic E-state index is 0.0722. The summed E-state index contributed by atoms with van der Waals surface area (Å²) in [4.78, 5) is 26.9. The summed E-state index contributed by atoms with van der Waals surface area (Å²) in [5, 5.41) is 2.74. The number of nitrogens with one attached hydrogen (secondary N) is 1. The van der Waals surface area contributed by atoms with Gasteiger partial charge in [0, 0.05) is 6.04 Å². The molecule has 26 heavy (non-hydrogen) atoms. The van der Waals surface area contributed by atoms with Crippen molar-refractivity contribution in [2.75, 3.05) is 20.2 Å². The van der Waals surface area contributed by atoms with E-state index in [4.69, 9.17) is 9.47 Å². The number of hydrogen-bond donors (Lipinski definition) is 1. The number of benzene rings is 1. The Balaban J connectivity index is 2.01. The molecule has 2 atom stereocenters. The molecule has 0 spiro atoms. The van der Waals surface area contributed by atoms with Gasteiger partial charge in [-0.15, -0.1) is 0 Å². The van der Waals surface area contributed by atoms with Crippen molar-refractivity contribution < 1.29 is 19.1 Å². The number of rotatable bonds is 8. The highest BCUT2D eigenvalue weighted by Gasteiger charge is 2.35. The third-order valence-corrected chi connectivity index (χ3v) is 4.77. The third kappa shape index (κ3) is 6.02. The summed E-state index contributed by atoms with van der Waals surface area (Å²) >= 11 is 0. The van der Waals surface area contributed by atoms with Gasteiger partial charge in [0.2, 0.25) is 0 Å². The minimum Gasteiger partial charge on any atom is -0.467 e. The van der Waals surface area contributed by atoms with E-state index < -0.39 is 18.1 Å². The highest BCUT2D eigenvalue weighted by Crippen LogP contribution is 2.19. The molecule has 144 valence electrons. The first-order valence-electron chi connectivity index (χ1n) is 9.44. The zero-order valence-electron chi connectivity index (χ0n) is 15.8. The molecule has 1 N–H and O–H groups in total. The van der Waals surface area contributed by atoms with E-state index in [9.17, 15) is 9.59 Å². The average molecular weight is 362 g/mol. The molecule has 0 saturated carbocycles. The van der Waals surface area contributed by atoms with Crippen LogP contribution in [0.1, 0.15) is 44.6 Å². The van der Waals surface area contributed by atoms with Gasteiger partial charge in [0.05, 0.1) is 7.11 Å². The van der Waals surface area contributed by atoms with Crippen LogP contribution in [0.5, 0.6) is 0 Å². The predicted octanol–water partition coefficient (Wildman–Crippen LogP) is 3.11. The molecule has 6 nitrogen and oxygen atoms in total. The quantitative estimate of drug-likeness (QED) is 0.720. The van der Waals surface area contributed by atoms with Crippen LogP contribution in [0.3, 0.4) is 0 Å². The second-order valence-corrected chi connectivity index (χ2v) is 6.66. The van der Waals surface area contributed by atoms with Gasteiger partial charge in [-0.05, 0) is 37.9 Å². The lowest BCUT2D eigenvalue weighted by molar-refractivity contribution is -0.145. The second-order valence-electron chi connectivity index (χ2n) is 6.66. The van der Waals surface area contributed by atoms with Crippen LogP contribution in [0.15, 0.2) is 30.3 Å². The molecular weight excluding hydrogens is 332 g/mol.